The molecular weight excluding hydrogens is 284 g/mol. The summed E-state index contributed by atoms with van der Waals surface area (Å²) in [6.07, 6.45) is 2.32. The maximum atomic E-state index is 10.9. The molecule has 1 saturated heterocycles. The normalized spacial score (nSPS) is 19.1. The summed E-state index contributed by atoms with van der Waals surface area (Å²) in [5, 5.41) is 10.9. The molecule has 2 rings (SSSR count). The van der Waals surface area contributed by atoms with Gasteiger partial charge >= 0.3 is 0 Å². The number of piperidine rings is 1. The van der Waals surface area contributed by atoms with E-state index in [2.05, 4.69) is 16.8 Å². The number of hydrogen-bond donors (Lipinski definition) is 1. The molecule has 1 aromatic carbocycles. The zero-order chi connectivity index (χ0) is 16.1. The fourth-order valence-electron chi connectivity index (χ4n) is 2.67. The number of aliphatic imine (C=N–C) groups is 1. The summed E-state index contributed by atoms with van der Waals surface area (Å²) >= 11 is 0. The second-order valence-electron chi connectivity index (χ2n) is 5.62. The molecule has 7 heteroatoms. The van der Waals surface area contributed by atoms with Gasteiger partial charge in [-0.3, -0.25) is 10.1 Å². The molecule has 0 saturated carbocycles. The number of guanidine groups is 1. The largest absolute Gasteiger partial charge is 0.496 e. The Hall–Kier alpha value is -2.31. The molecule has 22 heavy (non-hydrogen) atoms. The number of ether oxygens (including phenoxy) is 1. The Morgan fingerprint density at radius 2 is 2.36 bits per heavy atom. The average molecular weight is 306 g/mol. The summed E-state index contributed by atoms with van der Waals surface area (Å²) < 4.78 is 5.23. The number of nitrogens with zero attached hydrogens (tertiary/aromatic N) is 3. The third-order valence-electron chi connectivity index (χ3n) is 3.87. The van der Waals surface area contributed by atoms with Gasteiger partial charge in [0, 0.05) is 30.8 Å². The lowest BCUT2D eigenvalue weighted by atomic mass is 10.0. The first-order chi connectivity index (χ1) is 10.5. The molecule has 1 aliphatic rings. The topological polar surface area (TPSA) is 94.0 Å². The average Bonchev–Trinajstić information content (AvgIpc) is 2.52. The lowest BCUT2D eigenvalue weighted by Crippen LogP contribution is -2.43. The quantitative estimate of drug-likeness (QED) is 0.398. The van der Waals surface area contributed by atoms with Crippen molar-refractivity contribution in [1.82, 2.24) is 4.90 Å². The van der Waals surface area contributed by atoms with Crippen LogP contribution in [0.1, 0.15) is 25.3 Å². The first kappa shape index (κ1) is 16.1. The third-order valence-corrected chi connectivity index (χ3v) is 3.87. The monoisotopic (exact) mass is 306 g/mol. The first-order valence-corrected chi connectivity index (χ1v) is 7.37. The number of non-ortho nitro benzene ring substituents is 1. The number of rotatable bonds is 4. The van der Waals surface area contributed by atoms with Crippen LogP contribution in [-0.2, 0) is 6.54 Å². The smallest absolute Gasteiger partial charge is 0.270 e. The number of likely N-dealkylation sites (tertiary alicyclic amines) is 1. The van der Waals surface area contributed by atoms with Gasteiger partial charge in [-0.1, -0.05) is 6.92 Å². The Balaban J connectivity index is 2.13. The molecule has 1 fully saturated rings. The summed E-state index contributed by atoms with van der Waals surface area (Å²) in [6.45, 7) is 4.28. The van der Waals surface area contributed by atoms with Crippen molar-refractivity contribution in [1.29, 1.82) is 0 Å². The maximum absolute atomic E-state index is 10.9. The van der Waals surface area contributed by atoms with Gasteiger partial charge < -0.3 is 15.4 Å². The van der Waals surface area contributed by atoms with Gasteiger partial charge in [0.25, 0.3) is 5.69 Å². The van der Waals surface area contributed by atoms with Gasteiger partial charge in [0.05, 0.1) is 18.6 Å². The Bertz CT molecular complexity index is 574. The fraction of sp³-hybridized carbons (Fsp3) is 0.533. The molecule has 0 radical (unpaired) electrons. The van der Waals surface area contributed by atoms with E-state index in [1.54, 1.807) is 6.07 Å². The number of methoxy groups -OCH3 is 1. The van der Waals surface area contributed by atoms with Crippen LogP contribution in [0.5, 0.6) is 5.75 Å². The van der Waals surface area contributed by atoms with Crippen molar-refractivity contribution >= 4 is 11.6 Å². The molecule has 2 N–H and O–H groups in total. The zero-order valence-corrected chi connectivity index (χ0v) is 13.0. The van der Waals surface area contributed by atoms with Crippen molar-refractivity contribution in [3.05, 3.63) is 33.9 Å². The van der Waals surface area contributed by atoms with Gasteiger partial charge in [-0.15, -0.1) is 0 Å². The van der Waals surface area contributed by atoms with Crippen molar-refractivity contribution in [3.8, 4) is 5.75 Å². The molecule has 1 unspecified atom stereocenters. The van der Waals surface area contributed by atoms with Crippen LogP contribution in [0.25, 0.3) is 0 Å². The van der Waals surface area contributed by atoms with E-state index in [4.69, 9.17) is 10.5 Å². The van der Waals surface area contributed by atoms with Crippen LogP contribution < -0.4 is 10.5 Å². The number of hydrogen-bond acceptors (Lipinski definition) is 4. The summed E-state index contributed by atoms with van der Waals surface area (Å²) in [5.41, 5.74) is 6.73. The second-order valence-corrected chi connectivity index (χ2v) is 5.62. The van der Waals surface area contributed by atoms with Gasteiger partial charge in [-0.25, -0.2) is 4.99 Å². The van der Waals surface area contributed by atoms with Gasteiger partial charge in [-0.2, -0.15) is 0 Å². The third kappa shape index (κ3) is 3.87. The zero-order valence-electron chi connectivity index (χ0n) is 13.0. The van der Waals surface area contributed by atoms with Crippen LogP contribution in [-0.4, -0.2) is 36.0 Å². The molecule has 120 valence electrons. The minimum absolute atomic E-state index is 0.0242. The lowest BCUT2D eigenvalue weighted by Gasteiger charge is -2.31. The van der Waals surface area contributed by atoms with E-state index in [1.165, 1.54) is 25.7 Å². The maximum Gasteiger partial charge on any atom is 0.270 e. The molecule has 1 heterocycles. The van der Waals surface area contributed by atoms with Crippen LogP contribution in [0.15, 0.2) is 23.2 Å². The number of nitro groups is 1. The van der Waals surface area contributed by atoms with Crippen LogP contribution >= 0.6 is 0 Å². The summed E-state index contributed by atoms with van der Waals surface area (Å²) in [5.74, 6) is 1.67. The standard InChI is InChI=1S/C15H22N4O3/c1-11-4-3-7-18(10-11)15(16)17-9-12-8-13(19(20)21)5-6-14(12)22-2/h5-6,8,11H,3-4,7,9-10H2,1-2H3,(H2,16,17). The number of benzene rings is 1. The minimum Gasteiger partial charge on any atom is -0.496 e. The van der Waals surface area contributed by atoms with E-state index in [1.807, 2.05) is 0 Å². The molecule has 0 aliphatic carbocycles. The number of nitrogens with two attached hydrogens (primary N) is 1. The Morgan fingerprint density at radius 3 is 3.00 bits per heavy atom. The van der Waals surface area contributed by atoms with E-state index >= 15 is 0 Å². The Labute approximate surface area is 129 Å². The summed E-state index contributed by atoms with van der Waals surface area (Å²) in [4.78, 5) is 16.9. The van der Waals surface area contributed by atoms with Crippen molar-refractivity contribution in [2.75, 3.05) is 20.2 Å². The molecule has 0 amide bonds. The predicted molar refractivity (Wildman–Crippen MR) is 84.9 cm³/mol. The SMILES string of the molecule is COc1ccc([N+](=O)[O-])cc1CN=C(N)N1CCCC(C)C1. The molecule has 1 aromatic rings. The molecule has 0 bridgehead atoms. The highest BCUT2D eigenvalue weighted by molar-refractivity contribution is 5.78. The Kier molecular flexibility index (Phi) is 5.19. The number of nitro benzene ring substituents is 1. The summed E-state index contributed by atoms with van der Waals surface area (Å²) in [7, 11) is 1.53. The molecule has 0 spiro atoms. The first-order valence-electron chi connectivity index (χ1n) is 7.37. The van der Waals surface area contributed by atoms with E-state index in [0.717, 1.165) is 19.5 Å². The molecule has 1 aliphatic heterocycles. The Morgan fingerprint density at radius 1 is 1.59 bits per heavy atom. The van der Waals surface area contributed by atoms with Crippen molar-refractivity contribution in [3.63, 3.8) is 0 Å². The van der Waals surface area contributed by atoms with Crippen molar-refractivity contribution < 1.29 is 9.66 Å². The minimum atomic E-state index is -0.428. The van der Waals surface area contributed by atoms with Crippen LogP contribution in [0.2, 0.25) is 0 Å². The molecule has 7 nitrogen and oxygen atoms in total. The molecule has 0 aromatic heterocycles. The van der Waals surface area contributed by atoms with E-state index in [-0.39, 0.29) is 12.2 Å². The van der Waals surface area contributed by atoms with Crippen molar-refractivity contribution in [2.45, 2.75) is 26.3 Å². The summed E-state index contributed by atoms with van der Waals surface area (Å²) in [6, 6.07) is 4.48. The lowest BCUT2D eigenvalue weighted by molar-refractivity contribution is -0.384. The second kappa shape index (κ2) is 7.11. The van der Waals surface area contributed by atoms with Gasteiger partial charge in [-0.05, 0) is 24.8 Å². The van der Waals surface area contributed by atoms with Gasteiger partial charge in [0.15, 0.2) is 5.96 Å². The van der Waals surface area contributed by atoms with Gasteiger partial charge in [0.2, 0.25) is 0 Å². The van der Waals surface area contributed by atoms with Crippen LogP contribution in [0.4, 0.5) is 5.69 Å². The van der Waals surface area contributed by atoms with Crippen LogP contribution in [0.3, 0.4) is 0 Å². The molecule has 1 atom stereocenters. The van der Waals surface area contributed by atoms with Gasteiger partial charge in [0.1, 0.15) is 5.75 Å². The highest BCUT2D eigenvalue weighted by Gasteiger charge is 2.18. The van der Waals surface area contributed by atoms with E-state index in [0.29, 0.717) is 23.2 Å². The van der Waals surface area contributed by atoms with Crippen LogP contribution in [0, 0.1) is 16.0 Å². The molecular formula is C15H22N4O3. The van der Waals surface area contributed by atoms with Crippen molar-refractivity contribution in [2.24, 2.45) is 16.6 Å². The highest BCUT2D eigenvalue weighted by atomic mass is 16.6. The van der Waals surface area contributed by atoms with E-state index < -0.39 is 4.92 Å². The fourth-order valence-corrected chi connectivity index (χ4v) is 2.67. The highest BCUT2D eigenvalue weighted by Crippen LogP contribution is 2.24. The van der Waals surface area contributed by atoms with E-state index in [9.17, 15) is 10.1 Å². The predicted octanol–water partition coefficient (Wildman–Crippen LogP) is 2.15.